The summed E-state index contributed by atoms with van der Waals surface area (Å²) in [6.45, 7) is 6.21. The zero-order valence-corrected chi connectivity index (χ0v) is 12.7. The highest BCUT2D eigenvalue weighted by Crippen LogP contribution is 2.17. The molecule has 1 aliphatic carbocycles. The SMILES string of the molecule is C[C@H]1CCC[NH+]([C@@H](C)C(=O)NC(=O)NC2CCCC2)C1. The van der Waals surface area contributed by atoms with Crippen molar-refractivity contribution in [1.82, 2.24) is 10.6 Å². The molecule has 0 radical (unpaired) electrons. The van der Waals surface area contributed by atoms with E-state index < -0.39 is 0 Å². The Morgan fingerprint density at radius 2 is 1.85 bits per heavy atom. The highest BCUT2D eigenvalue weighted by molar-refractivity contribution is 5.96. The fourth-order valence-electron chi connectivity index (χ4n) is 3.42. The Labute approximate surface area is 121 Å². The maximum Gasteiger partial charge on any atom is 0.321 e. The number of urea groups is 1. The third-order valence-corrected chi connectivity index (χ3v) is 4.74. The van der Waals surface area contributed by atoms with E-state index in [-0.39, 0.29) is 24.0 Å². The number of amides is 3. The smallest absolute Gasteiger partial charge is 0.321 e. The molecule has 1 unspecified atom stereocenters. The molecule has 3 atom stereocenters. The molecule has 0 bridgehead atoms. The van der Waals surface area contributed by atoms with E-state index >= 15 is 0 Å². The standard InChI is InChI=1S/C15H27N3O2/c1-11-6-5-9-18(10-11)12(2)14(19)17-15(20)16-13-7-3-4-8-13/h11-13H,3-10H2,1-2H3,(H2,16,17,19,20)/p+1/t11-,12-/m0/s1. The van der Waals surface area contributed by atoms with Crippen LogP contribution in [0.5, 0.6) is 0 Å². The summed E-state index contributed by atoms with van der Waals surface area (Å²) in [6, 6.07) is -0.217. The molecule has 5 heteroatoms. The predicted molar refractivity (Wildman–Crippen MR) is 77.5 cm³/mol. The number of quaternary nitrogens is 1. The van der Waals surface area contributed by atoms with Crippen molar-refractivity contribution in [2.24, 2.45) is 5.92 Å². The van der Waals surface area contributed by atoms with Crippen LogP contribution < -0.4 is 15.5 Å². The van der Waals surface area contributed by atoms with Crippen LogP contribution in [0.25, 0.3) is 0 Å². The van der Waals surface area contributed by atoms with Crippen LogP contribution in [0.15, 0.2) is 0 Å². The molecule has 1 saturated heterocycles. The van der Waals surface area contributed by atoms with Gasteiger partial charge in [0.1, 0.15) is 0 Å². The lowest BCUT2D eigenvalue weighted by atomic mass is 9.99. The second kappa shape index (κ2) is 7.07. The minimum atomic E-state index is -0.321. The molecular formula is C15H28N3O2+. The van der Waals surface area contributed by atoms with Crippen LogP contribution in [-0.2, 0) is 4.79 Å². The number of nitrogens with one attached hydrogen (secondary N) is 3. The molecular weight excluding hydrogens is 254 g/mol. The second-order valence-corrected chi connectivity index (χ2v) is 6.53. The third kappa shape index (κ3) is 4.20. The van der Waals surface area contributed by atoms with E-state index in [1.165, 1.54) is 30.6 Å². The predicted octanol–water partition coefficient (Wildman–Crippen LogP) is 0.458. The molecule has 0 aromatic heterocycles. The topological polar surface area (TPSA) is 62.6 Å². The second-order valence-electron chi connectivity index (χ2n) is 6.53. The number of hydrogen-bond acceptors (Lipinski definition) is 2. The van der Waals surface area contributed by atoms with Gasteiger partial charge >= 0.3 is 6.03 Å². The zero-order valence-electron chi connectivity index (χ0n) is 12.7. The van der Waals surface area contributed by atoms with Crippen molar-refractivity contribution < 1.29 is 14.5 Å². The van der Waals surface area contributed by atoms with E-state index in [0.29, 0.717) is 5.92 Å². The first kappa shape index (κ1) is 15.3. The van der Waals surface area contributed by atoms with Crippen molar-refractivity contribution in [2.75, 3.05) is 13.1 Å². The first-order chi connectivity index (χ1) is 9.56. The van der Waals surface area contributed by atoms with Gasteiger partial charge < -0.3 is 10.2 Å². The molecule has 5 nitrogen and oxygen atoms in total. The lowest BCUT2D eigenvalue weighted by molar-refractivity contribution is -0.922. The molecule has 3 amide bonds. The molecule has 1 saturated carbocycles. The number of likely N-dealkylation sites (tertiary alicyclic amines) is 1. The van der Waals surface area contributed by atoms with Crippen molar-refractivity contribution in [1.29, 1.82) is 0 Å². The minimum Gasteiger partial charge on any atom is -0.335 e. The average molecular weight is 282 g/mol. The molecule has 2 rings (SSSR count). The molecule has 114 valence electrons. The fourth-order valence-corrected chi connectivity index (χ4v) is 3.42. The molecule has 2 aliphatic rings. The molecule has 3 N–H and O–H groups in total. The summed E-state index contributed by atoms with van der Waals surface area (Å²) in [5.74, 6) is 0.519. The Hall–Kier alpha value is -1.10. The van der Waals surface area contributed by atoms with Crippen molar-refractivity contribution in [2.45, 2.75) is 64.5 Å². The number of carbonyl (C=O) groups is 2. The molecule has 1 aliphatic heterocycles. The zero-order chi connectivity index (χ0) is 14.5. The summed E-state index contributed by atoms with van der Waals surface area (Å²) in [7, 11) is 0. The van der Waals surface area contributed by atoms with Crippen LogP contribution in [0, 0.1) is 5.92 Å². The Morgan fingerprint density at radius 3 is 2.50 bits per heavy atom. The minimum absolute atomic E-state index is 0.146. The van der Waals surface area contributed by atoms with Gasteiger partial charge in [-0.15, -0.1) is 0 Å². The first-order valence-corrected chi connectivity index (χ1v) is 8.02. The van der Waals surface area contributed by atoms with Gasteiger partial charge in [0.25, 0.3) is 5.91 Å². The summed E-state index contributed by atoms with van der Waals surface area (Å²) in [4.78, 5) is 25.2. The summed E-state index contributed by atoms with van der Waals surface area (Å²) in [6.07, 6.45) is 6.83. The highest BCUT2D eigenvalue weighted by Gasteiger charge is 2.30. The Kier molecular flexibility index (Phi) is 5.40. The Bertz CT molecular complexity index is 353. The molecule has 0 aromatic carbocycles. The van der Waals surface area contributed by atoms with Gasteiger partial charge in [-0.2, -0.15) is 0 Å². The molecule has 20 heavy (non-hydrogen) atoms. The number of imide groups is 1. The normalized spacial score (nSPS) is 28.9. The van der Waals surface area contributed by atoms with Crippen LogP contribution in [0.3, 0.4) is 0 Å². The average Bonchev–Trinajstić information content (AvgIpc) is 2.90. The van der Waals surface area contributed by atoms with Crippen LogP contribution in [0.1, 0.15) is 52.4 Å². The number of hydrogen-bond donors (Lipinski definition) is 3. The lowest BCUT2D eigenvalue weighted by Crippen LogP contribution is -3.18. The van der Waals surface area contributed by atoms with E-state index in [1.807, 2.05) is 6.92 Å². The highest BCUT2D eigenvalue weighted by atomic mass is 16.2. The van der Waals surface area contributed by atoms with E-state index in [9.17, 15) is 9.59 Å². The van der Waals surface area contributed by atoms with E-state index in [2.05, 4.69) is 17.6 Å². The molecule has 2 fully saturated rings. The van der Waals surface area contributed by atoms with E-state index in [4.69, 9.17) is 0 Å². The summed E-state index contributed by atoms with van der Waals surface area (Å²) < 4.78 is 0. The maximum absolute atomic E-state index is 12.1. The monoisotopic (exact) mass is 282 g/mol. The fraction of sp³-hybridized carbons (Fsp3) is 0.867. The van der Waals surface area contributed by atoms with Gasteiger partial charge in [-0.05, 0) is 32.6 Å². The van der Waals surface area contributed by atoms with Gasteiger partial charge in [-0.1, -0.05) is 19.8 Å². The van der Waals surface area contributed by atoms with Gasteiger partial charge in [-0.3, -0.25) is 10.1 Å². The Balaban J connectivity index is 1.76. The number of rotatable bonds is 3. The summed E-state index contributed by atoms with van der Waals surface area (Å²) in [5.41, 5.74) is 0. The number of piperidine rings is 1. The maximum atomic E-state index is 12.1. The van der Waals surface area contributed by atoms with E-state index in [1.54, 1.807) is 0 Å². The van der Waals surface area contributed by atoms with Crippen LogP contribution >= 0.6 is 0 Å². The number of carbonyl (C=O) groups excluding carboxylic acids is 2. The van der Waals surface area contributed by atoms with Gasteiger partial charge in [0, 0.05) is 12.0 Å². The van der Waals surface area contributed by atoms with Crippen LogP contribution in [-0.4, -0.2) is 37.1 Å². The quantitative estimate of drug-likeness (QED) is 0.704. The van der Waals surface area contributed by atoms with Gasteiger partial charge in [0.15, 0.2) is 6.04 Å². The van der Waals surface area contributed by atoms with Crippen LogP contribution in [0.4, 0.5) is 4.79 Å². The molecule has 0 spiro atoms. The third-order valence-electron chi connectivity index (χ3n) is 4.74. The van der Waals surface area contributed by atoms with Crippen molar-refractivity contribution in [3.63, 3.8) is 0 Å². The summed E-state index contributed by atoms with van der Waals surface area (Å²) >= 11 is 0. The van der Waals surface area contributed by atoms with Crippen molar-refractivity contribution in [3.05, 3.63) is 0 Å². The largest absolute Gasteiger partial charge is 0.335 e. The first-order valence-electron chi connectivity index (χ1n) is 8.02. The lowest BCUT2D eigenvalue weighted by Gasteiger charge is -2.31. The molecule has 0 aromatic rings. The summed E-state index contributed by atoms with van der Waals surface area (Å²) in [5, 5.41) is 5.41. The van der Waals surface area contributed by atoms with Gasteiger partial charge in [-0.25, -0.2) is 4.79 Å². The van der Waals surface area contributed by atoms with Gasteiger partial charge in [0.2, 0.25) is 0 Å². The van der Waals surface area contributed by atoms with Crippen molar-refractivity contribution >= 4 is 11.9 Å². The van der Waals surface area contributed by atoms with Crippen LogP contribution in [0.2, 0.25) is 0 Å². The van der Waals surface area contributed by atoms with E-state index in [0.717, 1.165) is 25.9 Å². The van der Waals surface area contributed by atoms with Crippen molar-refractivity contribution in [3.8, 4) is 0 Å². The Morgan fingerprint density at radius 1 is 1.15 bits per heavy atom. The molecule has 1 heterocycles. The van der Waals surface area contributed by atoms with Gasteiger partial charge in [0.05, 0.1) is 13.1 Å².